The van der Waals surface area contributed by atoms with Gasteiger partial charge in [0.1, 0.15) is 0 Å². The number of amides is 1. The summed E-state index contributed by atoms with van der Waals surface area (Å²) in [6.07, 6.45) is 3.87. The molecule has 5 heteroatoms. The van der Waals surface area contributed by atoms with Crippen molar-refractivity contribution in [2.45, 2.75) is 32.4 Å². The van der Waals surface area contributed by atoms with Gasteiger partial charge >= 0.3 is 0 Å². The van der Waals surface area contributed by atoms with Crippen LogP contribution >= 0.6 is 0 Å². The fourth-order valence-electron chi connectivity index (χ4n) is 2.07. The lowest BCUT2D eigenvalue weighted by Crippen LogP contribution is -2.39. The van der Waals surface area contributed by atoms with E-state index in [1.54, 1.807) is 17.1 Å². The molecule has 1 unspecified atom stereocenters. The van der Waals surface area contributed by atoms with E-state index in [1.165, 1.54) is 0 Å². The Bertz CT molecular complexity index is 578. The molecule has 0 aliphatic rings. The summed E-state index contributed by atoms with van der Waals surface area (Å²) in [6.45, 7) is 3.90. The standard InChI is InChI=1S/C16H21N3O2/c1-12(2)19-10-14(9-17-19)16(21)18-15(11-20)8-13-6-4-3-5-7-13/h3-7,9-10,12,15,20H,8,11H2,1-2H3,(H,18,21). The maximum absolute atomic E-state index is 12.2. The number of benzene rings is 1. The summed E-state index contributed by atoms with van der Waals surface area (Å²) in [7, 11) is 0. The van der Waals surface area contributed by atoms with E-state index in [1.807, 2.05) is 44.2 Å². The molecular formula is C16H21N3O2. The number of hydrogen-bond acceptors (Lipinski definition) is 3. The van der Waals surface area contributed by atoms with E-state index in [0.29, 0.717) is 12.0 Å². The number of carbonyl (C=O) groups is 1. The first-order chi connectivity index (χ1) is 10.1. The van der Waals surface area contributed by atoms with Gasteiger partial charge in [-0.2, -0.15) is 5.10 Å². The van der Waals surface area contributed by atoms with Crippen molar-refractivity contribution in [2.24, 2.45) is 0 Å². The Hall–Kier alpha value is -2.14. The van der Waals surface area contributed by atoms with Crippen LogP contribution in [-0.4, -0.2) is 33.4 Å². The minimum absolute atomic E-state index is 0.0983. The largest absolute Gasteiger partial charge is 0.394 e. The van der Waals surface area contributed by atoms with Crippen molar-refractivity contribution >= 4 is 5.91 Å². The Morgan fingerprint density at radius 3 is 2.62 bits per heavy atom. The van der Waals surface area contributed by atoms with Crippen LogP contribution in [0.1, 0.15) is 35.8 Å². The number of aliphatic hydroxyl groups is 1. The summed E-state index contributed by atoms with van der Waals surface area (Å²) in [6, 6.07) is 9.69. The first-order valence-corrected chi connectivity index (χ1v) is 7.10. The molecule has 2 rings (SSSR count). The third kappa shape index (κ3) is 4.16. The molecule has 0 saturated heterocycles. The highest BCUT2D eigenvalue weighted by molar-refractivity contribution is 5.93. The molecule has 5 nitrogen and oxygen atoms in total. The number of nitrogens with zero attached hydrogens (tertiary/aromatic N) is 2. The smallest absolute Gasteiger partial charge is 0.254 e. The fourth-order valence-corrected chi connectivity index (χ4v) is 2.07. The molecule has 1 atom stereocenters. The molecule has 0 saturated carbocycles. The van der Waals surface area contributed by atoms with Crippen LogP contribution in [0.15, 0.2) is 42.7 Å². The maximum Gasteiger partial charge on any atom is 0.254 e. The topological polar surface area (TPSA) is 67.2 Å². The van der Waals surface area contributed by atoms with Gasteiger partial charge in [-0.05, 0) is 25.8 Å². The molecule has 2 N–H and O–H groups in total. The van der Waals surface area contributed by atoms with Gasteiger partial charge in [0.25, 0.3) is 5.91 Å². The zero-order chi connectivity index (χ0) is 15.2. The second-order valence-corrected chi connectivity index (χ2v) is 5.35. The van der Waals surface area contributed by atoms with Gasteiger partial charge < -0.3 is 10.4 Å². The summed E-state index contributed by atoms with van der Waals surface area (Å²) in [5.41, 5.74) is 1.59. The number of rotatable bonds is 6. The Balaban J connectivity index is 1.99. The molecule has 21 heavy (non-hydrogen) atoms. The lowest BCUT2D eigenvalue weighted by atomic mass is 10.1. The van der Waals surface area contributed by atoms with Crippen molar-refractivity contribution in [3.05, 3.63) is 53.9 Å². The van der Waals surface area contributed by atoms with Gasteiger partial charge in [0, 0.05) is 12.2 Å². The average Bonchev–Trinajstić information content (AvgIpc) is 2.97. The highest BCUT2D eigenvalue weighted by Crippen LogP contribution is 2.07. The van der Waals surface area contributed by atoms with Crippen LogP contribution in [-0.2, 0) is 6.42 Å². The van der Waals surface area contributed by atoms with Gasteiger partial charge in [0.2, 0.25) is 0 Å². The van der Waals surface area contributed by atoms with Crippen LogP contribution in [0.3, 0.4) is 0 Å². The van der Waals surface area contributed by atoms with Crippen LogP contribution in [0.2, 0.25) is 0 Å². The molecular weight excluding hydrogens is 266 g/mol. The van der Waals surface area contributed by atoms with Crippen molar-refractivity contribution in [3.8, 4) is 0 Å². The summed E-state index contributed by atoms with van der Waals surface area (Å²) in [4.78, 5) is 12.2. The summed E-state index contributed by atoms with van der Waals surface area (Å²) in [5.74, 6) is -0.211. The van der Waals surface area contributed by atoms with Crippen molar-refractivity contribution in [1.29, 1.82) is 0 Å². The van der Waals surface area contributed by atoms with Crippen molar-refractivity contribution in [2.75, 3.05) is 6.61 Å². The summed E-state index contributed by atoms with van der Waals surface area (Å²) >= 11 is 0. The van der Waals surface area contributed by atoms with E-state index >= 15 is 0 Å². The molecule has 112 valence electrons. The van der Waals surface area contributed by atoms with Gasteiger partial charge in [-0.25, -0.2) is 0 Å². The van der Waals surface area contributed by atoms with Crippen LogP contribution < -0.4 is 5.32 Å². The van der Waals surface area contributed by atoms with Gasteiger partial charge in [0.05, 0.1) is 24.4 Å². The quantitative estimate of drug-likeness (QED) is 0.851. The van der Waals surface area contributed by atoms with Crippen LogP contribution in [0.5, 0.6) is 0 Å². The van der Waals surface area contributed by atoms with Gasteiger partial charge in [-0.15, -0.1) is 0 Å². The molecule has 1 heterocycles. The monoisotopic (exact) mass is 287 g/mol. The zero-order valence-electron chi connectivity index (χ0n) is 12.4. The molecule has 1 aromatic heterocycles. The molecule has 0 fully saturated rings. The highest BCUT2D eigenvalue weighted by atomic mass is 16.3. The molecule has 0 spiro atoms. The minimum atomic E-state index is -0.303. The Labute approximate surface area is 124 Å². The minimum Gasteiger partial charge on any atom is -0.394 e. The Morgan fingerprint density at radius 1 is 1.33 bits per heavy atom. The van der Waals surface area contributed by atoms with Gasteiger partial charge in [-0.3, -0.25) is 9.48 Å². The lowest BCUT2D eigenvalue weighted by molar-refractivity contribution is 0.0916. The normalized spacial score (nSPS) is 12.4. The van der Waals surface area contributed by atoms with Gasteiger partial charge in [-0.1, -0.05) is 30.3 Å². The number of nitrogens with one attached hydrogen (secondary N) is 1. The van der Waals surface area contributed by atoms with Crippen LogP contribution in [0.25, 0.3) is 0 Å². The molecule has 1 aromatic carbocycles. The number of hydrogen-bond donors (Lipinski definition) is 2. The predicted molar refractivity (Wildman–Crippen MR) is 81.1 cm³/mol. The molecule has 0 radical (unpaired) electrons. The Kier molecular flexibility index (Phi) is 5.11. The molecule has 1 amide bonds. The van der Waals surface area contributed by atoms with E-state index in [4.69, 9.17) is 0 Å². The third-order valence-corrected chi connectivity index (χ3v) is 3.27. The molecule has 0 aliphatic carbocycles. The first kappa shape index (κ1) is 15.3. The van der Waals surface area contributed by atoms with E-state index in [0.717, 1.165) is 5.56 Å². The Morgan fingerprint density at radius 2 is 2.05 bits per heavy atom. The van der Waals surface area contributed by atoms with Gasteiger partial charge in [0.15, 0.2) is 0 Å². The molecule has 2 aromatic rings. The predicted octanol–water partition coefficient (Wildman–Crippen LogP) is 1.80. The zero-order valence-corrected chi connectivity index (χ0v) is 12.4. The average molecular weight is 287 g/mol. The van der Waals surface area contributed by atoms with E-state index in [9.17, 15) is 9.90 Å². The second kappa shape index (κ2) is 7.04. The number of aromatic nitrogens is 2. The summed E-state index contributed by atoms with van der Waals surface area (Å²) < 4.78 is 1.74. The third-order valence-electron chi connectivity index (χ3n) is 3.27. The van der Waals surface area contributed by atoms with Crippen molar-refractivity contribution < 1.29 is 9.90 Å². The summed E-state index contributed by atoms with van der Waals surface area (Å²) in [5, 5.41) is 16.4. The van der Waals surface area contributed by atoms with E-state index in [-0.39, 0.29) is 24.6 Å². The second-order valence-electron chi connectivity index (χ2n) is 5.35. The molecule has 0 bridgehead atoms. The van der Waals surface area contributed by atoms with E-state index in [2.05, 4.69) is 10.4 Å². The van der Waals surface area contributed by atoms with Crippen LogP contribution in [0.4, 0.5) is 0 Å². The SMILES string of the molecule is CC(C)n1cc(C(=O)NC(CO)Cc2ccccc2)cn1. The number of carbonyl (C=O) groups excluding carboxylic acids is 1. The fraction of sp³-hybridized carbons (Fsp3) is 0.375. The first-order valence-electron chi connectivity index (χ1n) is 7.10. The van der Waals surface area contributed by atoms with Crippen molar-refractivity contribution in [3.63, 3.8) is 0 Å². The number of aliphatic hydroxyl groups excluding tert-OH is 1. The van der Waals surface area contributed by atoms with Crippen LogP contribution in [0, 0.1) is 0 Å². The molecule has 0 aliphatic heterocycles. The van der Waals surface area contributed by atoms with E-state index < -0.39 is 0 Å². The highest BCUT2D eigenvalue weighted by Gasteiger charge is 2.15. The van der Waals surface area contributed by atoms with Crippen molar-refractivity contribution in [1.82, 2.24) is 15.1 Å². The lowest BCUT2D eigenvalue weighted by Gasteiger charge is -2.15. The maximum atomic E-state index is 12.2.